The standard InChI is InChI=1S/C14H27N3O/c1-2-17(11-13-5-3-4-9-15-13)10-8-14(18)16-12-6-7-12/h12-13,15H,2-11H2,1H3,(H,16,18). The number of hydrogen-bond donors (Lipinski definition) is 2. The first kappa shape index (κ1) is 13.8. The van der Waals surface area contributed by atoms with Gasteiger partial charge in [0.1, 0.15) is 0 Å². The molecule has 2 aliphatic rings. The van der Waals surface area contributed by atoms with Crippen LogP contribution in [0.3, 0.4) is 0 Å². The lowest BCUT2D eigenvalue weighted by molar-refractivity contribution is -0.121. The zero-order valence-electron chi connectivity index (χ0n) is 11.6. The van der Waals surface area contributed by atoms with Crippen molar-refractivity contribution in [3.8, 4) is 0 Å². The molecular formula is C14H27N3O. The van der Waals surface area contributed by atoms with Gasteiger partial charge in [0.25, 0.3) is 0 Å². The highest BCUT2D eigenvalue weighted by Crippen LogP contribution is 2.18. The number of amides is 1. The lowest BCUT2D eigenvalue weighted by atomic mass is 10.0. The van der Waals surface area contributed by atoms with Crippen molar-refractivity contribution in [1.82, 2.24) is 15.5 Å². The molecule has 1 amide bonds. The highest BCUT2D eigenvalue weighted by atomic mass is 16.1. The Balaban J connectivity index is 1.62. The summed E-state index contributed by atoms with van der Waals surface area (Å²) in [7, 11) is 0. The van der Waals surface area contributed by atoms with Crippen LogP contribution in [0, 0.1) is 0 Å². The second-order valence-corrected chi connectivity index (χ2v) is 5.63. The maximum Gasteiger partial charge on any atom is 0.221 e. The topological polar surface area (TPSA) is 44.4 Å². The summed E-state index contributed by atoms with van der Waals surface area (Å²) in [6.07, 6.45) is 6.94. The summed E-state index contributed by atoms with van der Waals surface area (Å²) >= 11 is 0. The fraction of sp³-hybridized carbons (Fsp3) is 0.929. The number of nitrogens with one attached hydrogen (secondary N) is 2. The Hall–Kier alpha value is -0.610. The van der Waals surface area contributed by atoms with Gasteiger partial charge in [-0.1, -0.05) is 13.3 Å². The number of likely N-dealkylation sites (N-methyl/N-ethyl adjacent to an activating group) is 1. The van der Waals surface area contributed by atoms with Gasteiger partial charge in [-0.2, -0.15) is 0 Å². The Kier molecular flexibility index (Phi) is 5.45. The van der Waals surface area contributed by atoms with Crippen LogP contribution in [0.15, 0.2) is 0 Å². The van der Waals surface area contributed by atoms with E-state index in [1.54, 1.807) is 0 Å². The molecule has 0 aromatic carbocycles. The van der Waals surface area contributed by atoms with Gasteiger partial charge in [-0.05, 0) is 38.8 Å². The van der Waals surface area contributed by atoms with E-state index in [4.69, 9.17) is 0 Å². The number of rotatable bonds is 7. The van der Waals surface area contributed by atoms with Gasteiger partial charge in [0.15, 0.2) is 0 Å². The van der Waals surface area contributed by atoms with E-state index in [2.05, 4.69) is 22.5 Å². The zero-order valence-corrected chi connectivity index (χ0v) is 11.6. The molecule has 0 aromatic rings. The Labute approximate surface area is 110 Å². The van der Waals surface area contributed by atoms with Crippen LogP contribution < -0.4 is 10.6 Å². The summed E-state index contributed by atoms with van der Waals surface area (Å²) < 4.78 is 0. The molecule has 104 valence electrons. The Bertz CT molecular complexity index is 260. The number of hydrogen-bond acceptors (Lipinski definition) is 3. The van der Waals surface area contributed by atoms with Crippen LogP contribution in [-0.2, 0) is 4.79 Å². The molecule has 18 heavy (non-hydrogen) atoms. The van der Waals surface area contributed by atoms with E-state index in [-0.39, 0.29) is 5.91 Å². The highest BCUT2D eigenvalue weighted by molar-refractivity contribution is 5.76. The minimum Gasteiger partial charge on any atom is -0.353 e. The van der Waals surface area contributed by atoms with E-state index in [0.29, 0.717) is 18.5 Å². The van der Waals surface area contributed by atoms with Crippen LogP contribution in [0.5, 0.6) is 0 Å². The monoisotopic (exact) mass is 253 g/mol. The molecule has 0 bridgehead atoms. The molecule has 2 rings (SSSR count). The number of carbonyl (C=O) groups is 1. The maximum atomic E-state index is 11.7. The average Bonchev–Trinajstić information content (AvgIpc) is 3.19. The van der Waals surface area contributed by atoms with E-state index < -0.39 is 0 Å². The van der Waals surface area contributed by atoms with Crippen LogP contribution >= 0.6 is 0 Å². The summed E-state index contributed by atoms with van der Waals surface area (Å²) in [4.78, 5) is 14.1. The minimum absolute atomic E-state index is 0.229. The first-order chi connectivity index (χ1) is 8.78. The number of carbonyl (C=O) groups excluding carboxylic acids is 1. The summed E-state index contributed by atoms with van der Waals surface area (Å²) in [5, 5.41) is 6.63. The molecule has 0 radical (unpaired) electrons. The van der Waals surface area contributed by atoms with Crippen molar-refractivity contribution in [1.29, 1.82) is 0 Å². The average molecular weight is 253 g/mol. The van der Waals surface area contributed by atoms with Crippen molar-refractivity contribution < 1.29 is 4.79 Å². The molecule has 1 heterocycles. The summed E-state index contributed by atoms with van der Waals surface area (Å²) in [5.74, 6) is 0.229. The third-order valence-electron chi connectivity index (χ3n) is 3.94. The lowest BCUT2D eigenvalue weighted by Gasteiger charge is -2.29. The van der Waals surface area contributed by atoms with Gasteiger partial charge in [-0.3, -0.25) is 4.79 Å². The molecule has 0 spiro atoms. The molecule has 1 unspecified atom stereocenters. The van der Waals surface area contributed by atoms with Crippen molar-refractivity contribution in [3.05, 3.63) is 0 Å². The van der Waals surface area contributed by atoms with E-state index in [1.165, 1.54) is 32.1 Å². The predicted octanol–water partition coefficient (Wildman–Crippen LogP) is 1.12. The SMILES string of the molecule is CCN(CCC(=O)NC1CC1)CC1CCCCN1. The Morgan fingerprint density at radius 2 is 2.17 bits per heavy atom. The molecule has 4 heteroatoms. The van der Waals surface area contributed by atoms with Crippen LogP contribution in [0.2, 0.25) is 0 Å². The van der Waals surface area contributed by atoms with Gasteiger partial charge < -0.3 is 15.5 Å². The van der Waals surface area contributed by atoms with Crippen molar-refractivity contribution >= 4 is 5.91 Å². The minimum atomic E-state index is 0.229. The molecule has 1 atom stereocenters. The van der Waals surface area contributed by atoms with E-state index in [9.17, 15) is 4.79 Å². The largest absolute Gasteiger partial charge is 0.353 e. The second-order valence-electron chi connectivity index (χ2n) is 5.63. The quantitative estimate of drug-likeness (QED) is 0.714. The van der Waals surface area contributed by atoms with Crippen LogP contribution in [0.1, 0.15) is 45.4 Å². The smallest absolute Gasteiger partial charge is 0.221 e. The van der Waals surface area contributed by atoms with Crippen LogP contribution in [0.4, 0.5) is 0 Å². The molecule has 2 N–H and O–H groups in total. The van der Waals surface area contributed by atoms with Crippen molar-refractivity contribution in [2.24, 2.45) is 0 Å². The van der Waals surface area contributed by atoms with Crippen molar-refractivity contribution in [2.45, 2.75) is 57.5 Å². The van der Waals surface area contributed by atoms with Crippen LogP contribution in [0.25, 0.3) is 0 Å². The van der Waals surface area contributed by atoms with E-state index in [0.717, 1.165) is 26.2 Å². The molecule has 1 saturated heterocycles. The molecule has 4 nitrogen and oxygen atoms in total. The van der Waals surface area contributed by atoms with Crippen molar-refractivity contribution in [3.63, 3.8) is 0 Å². The summed E-state index contributed by atoms with van der Waals surface area (Å²) in [5.41, 5.74) is 0. The number of nitrogens with zero attached hydrogens (tertiary/aromatic N) is 1. The summed E-state index contributed by atoms with van der Waals surface area (Å²) in [6.45, 7) is 6.36. The zero-order chi connectivity index (χ0) is 12.8. The van der Waals surface area contributed by atoms with E-state index in [1.807, 2.05) is 0 Å². The molecule has 1 aliphatic heterocycles. The fourth-order valence-electron chi connectivity index (χ4n) is 2.56. The maximum absolute atomic E-state index is 11.7. The van der Waals surface area contributed by atoms with E-state index >= 15 is 0 Å². The van der Waals surface area contributed by atoms with Crippen molar-refractivity contribution in [2.75, 3.05) is 26.2 Å². The van der Waals surface area contributed by atoms with Gasteiger partial charge in [0.05, 0.1) is 0 Å². The number of piperidine rings is 1. The summed E-state index contributed by atoms with van der Waals surface area (Å²) in [6, 6.07) is 1.12. The third kappa shape index (κ3) is 4.94. The van der Waals surface area contributed by atoms with Gasteiger partial charge in [0.2, 0.25) is 5.91 Å². The molecule has 0 aromatic heterocycles. The Morgan fingerprint density at radius 3 is 2.78 bits per heavy atom. The van der Waals surface area contributed by atoms with Gasteiger partial charge >= 0.3 is 0 Å². The molecular weight excluding hydrogens is 226 g/mol. The normalized spacial score (nSPS) is 24.2. The molecule has 1 aliphatic carbocycles. The first-order valence-corrected chi connectivity index (χ1v) is 7.53. The highest BCUT2D eigenvalue weighted by Gasteiger charge is 2.23. The second kappa shape index (κ2) is 7.10. The van der Waals surface area contributed by atoms with Gasteiger partial charge in [-0.25, -0.2) is 0 Å². The Morgan fingerprint density at radius 1 is 1.33 bits per heavy atom. The third-order valence-corrected chi connectivity index (χ3v) is 3.94. The van der Waals surface area contributed by atoms with Gasteiger partial charge in [-0.15, -0.1) is 0 Å². The van der Waals surface area contributed by atoms with Gasteiger partial charge in [0, 0.05) is 31.6 Å². The fourth-order valence-corrected chi connectivity index (χ4v) is 2.56. The predicted molar refractivity (Wildman–Crippen MR) is 73.5 cm³/mol. The molecule has 1 saturated carbocycles. The van der Waals surface area contributed by atoms with Crippen LogP contribution in [-0.4, -0.2) is 49.1 Å². The molecule has 2 fully saturated rings. The lowest BCUT2D eigenvalue weighted by Crippen LogP contribution is -2.44. The first-order valence-electron chi connectivity index (χ1n) is 7.53.